The van der Waals surface area contributed by atoms with E-state index in [0.29, 0.717) is 0 Å². The van der Waals surface area contributed by atoms with E-state index in [1.54, 1.807) is 0 Å². The molecule has 136 valence electrons. The largest absolute Gasteiger partial charge is 0.487 e. The van der Waals surface area contributed by atoms with Crippen LogP contribution in [-0.2, 0) is 6.42 Å². The van der Waals surface area contributed by atoms with Crippen molar-refractivity contribution in [3.63, 3.8) is 0 Å². The van der Waals surface area contributed by atoms with Crippen molar-refractivity contribution in [3.05, 3.63) is 41.5 Å². The summed E-state index contributed by atoms with van der Waals surface area (Å²) in [4.78, 5) is 12.3. The van der Waals surface area contributed by atoms with Gasteiger partial charge >= 0.3 is 6.03 Å². The van der Waals surface area contributed by atoms with Gasteiger partial charge in [0.05, 0.1) is 6.04 Å². The Morgan fingerprint density at radius 2 is 2.20 bits per heavy atom. The molecule has 0 saturated heterocycles. The van der Waals surface area contributed by atoms with Crippen LogP contribution in [0.2, 0.25) is 0 Å². The quantitative estimate of drug-likeness (QED) is 0.719. The van der Waals surface area contributed by atoms with Gasteiger partial charge < -0.3 is 20.5 Å². The molecule has 3 rings (SSSR count). The Labute approximate surface area is 149 Å². The lowest BCUT2D eigenvalue weighted by Crippen LogP contribution is -2.42. The molecule has 2 amide bonds. The third-order valence-electron chi connectivity index (χ3n) is 4.93. The average Bonchev–Trinajstić information content (AvgIpc) is 3.13. The van der Waals surface area contributed by atoms with E-state index in [1.807, 2.05) is 24.3 Å². The molecule has 2 aliphatic rings. The molecule has 1 aliphatic heterocycles. The summed E-state index contributed by atoms with van der Waals surface area (Å²) in [5.74, 6) is 1.09. The molecule has 0 bridgehead atoms. The number of benzene rings is 1. The maximum atomic E-state index is 12.3. The van der Waals surface area contributed by atoms with Gasteiger partial charge in [0.2, 0.25) is 0 Å². The number of carbonyl (C=O) groups excluding carboxylic acids is 1. The maximum Gasteiger partial charge on any atom is 0.315 e. The maximum absolute atomic E-state index is 12.3. The Morgan fingerprint density at radius 1 is 1.40 bits per heavy atom. The van der Waals surface area contributed by atoms with Crippen LogP contribution in [-0.4, -0.2) is 29.4 Å². The van der Waals surface area contributed by atoms with Gasteiger partial charge in [0.25, 0.3) is 0 Å². The zero-order chi connectivity index (χ0) is 18.0. The van der Waals surface area contributed by atoms with Crippen LogP contribution in [0.15, 0.2) is 30.4 Å². The molecular formula is C20H28N2O3. The van der Waals surface area contributed by atoms with Gasteiger partial charge in [-0.2, -0.15) is 0 Å². The van der Waals surface area contributed by atoms with Crippen molar-refractivity contribution < 1.29 is 14.6 Å². The molecule has 5 nitrogen and oxygen atoms in total. The lowest BCUT2D eigenvalue weighted by molar-refractivity contribution is 0.138. The first-order valence-electron chi connectivity index (χ1n) is 9.08. The lowest BCUT2D eigenvalue weighted by atomic mass is 9.97. The fourth-order valence-electron chi connectivity index (χ4n) is 3.65. The summed E-state index contributed by atoms with van der Waals surface area (Å²) in [7, 11) is 0. The van der Waals surface area contributed by atoms with Crippen molar-refractivity contribution >= 4 is 6.03 Å². The lowest BCUT2D eigenvalue weighted by Gasteiger charge is -2.20. The van der Waals surface area contributed by atoms with Crippen LogP contribution in [0.25, 0.3) is 0 Å². The minimum atomic E-state index is -0.169. The van der Waals surface area contributed by atoms with E-state index in [9.17, 15) is 9.90 Å². The van der Waals surface area contributed by atoms with Gasteiger partial charge in [0.1, 0.15) is 11.4 Å². The summed E-state index contributed by atoms with van der Waals surface area (Å²) in [6.45, 7) is 6.37. The summed E-state index contributed by atoms with van der Waals surface area (Å²) in [5.41, 5.74) is 2.14. The topological polar surface area (TPSA) is 70.6 Å². The number of urea groups is 1. The SMILES string of the molecule is CC[C@H](NC(=O)N[C@@H]1C=C[C@H](CO)C1)c1ccc2c(c1)CC(C)(C)O2. The standard InChI is InChI=1S/C20H28N2O3/c1-4-17(22-19(24)21-16-7-5-13(9-16)12-23)14-6-8-18-15(10-14)11-20(2,3)25-18/h5-8,10,13,16-17,23H,4,9,11-12H2,1-3H3,(H2,21,22,24)/t13-,16+,17-/m0/s1. The second-order valence-electron chi connectivity index (χ2n) is 7.65. The highest BCUT2D eigenvalue weighted by molar-refractivity contribution is 5.75. The molecule has 3 atom stereocenters. The molecule has 1 aromatic carbocycles. The van der Waals surface area contributed by atoms with Crippen molar-refractivity contribution in [2.75, 3.05) is 6.61 Å². The minimum Gasteiger partial charge on any atom is -0.487 e. The van der Waals surface area contributed by atoms with E-state index >= 15 is 0 Å². The van der Waals surface area contributed by atoms with Gasteiger partial charge in [-0.15, -0.1) is 0 Å². The second-order valence-corrected chi connectivity index (χ2v) is 7.65. The molecule has 1 aromatic rings. The number of aliphatic hydroxyl groups excluding tert-OH is 1. The zero-order valence-electron chi connectivity index (χ0n) is 15.2. The van der Waals surface area contributed by atoms with E-state index in [-0.39, 0.29) is 36.2 Å². The van der Waals surface area contributed by atoms with E-state index < -0.39 is 0 Å². The highest BCUT2D eigenvalue weighted by atomic mass is 16.5. The Hall–Kier alpha value is -2.01. The molecule has 0 saturated carbocycles. The Morgan fingerprint density at radius 3 is 2.88 bits per heavy atom. The van der Waals surface area contributed by atoms with E-state index in [0.717, 1.165) is 30.6 Å². The number of ether oxygens (including phenoxy) is 1. The summed E-state index contributed by atoms with van der Waals surface area (Å²) < 4.78 is 5.93. The van der Waals surface area contributed by atoms with Gasteiger partial charge in [-0.05, 0) is 49.9 Å². The van der Waals surface area contributed by atoms with E-state index in [1.165, 1.54) is 5.56 Å². The van der Waals surface area contributed by atoms with Crippen molar-refractivity contribution in [1.29, 1.82) is 0 Å². The number of fused-ring (bicyclic) bond motifs is 1. The molecule has 0 spiro atoms. The predicted octanol–water partition coefficient (Wildman–Crippen LogP) is 3.09. The highest BCUT2D eigenvalue weighted by Gasteiger charge is 2.30. The number of nitrogens with one attached hydrogen (secondary N) is 2. The molecule has 5 heteroatoms. The van der Waals surface area contributed by atoms with Gasteiger partial charge in [-0.25, -0.2) is 4.79 Å². The molecule has 3 N–H and O–H groups in total. The fraction of sp³-hybridized carbons (Fsp3) is 0.550. The second kappa shape index (κ2) is 7.08. The number of hydrogen-bond donors (Lipinski definition) is 3. The van der Waals surface area contributed by atoms with Crippen LogP contribution in [0.5, 0.6) is 5.75 Å². The van der Waals surface area contributed by atoms with Crippen LogP contribution in [0.4, 0.5) is 4.79 Å². The smallest absolute Gasteiger partial charge is 0.315 e. The molecule has 1 aliphatic carbocycles. The molecule has 0 radical (unpaired) electrons. The third-order valence-corrected chi connectivity index (χ3v) is 4.93. The Balaban J connectivity index is 1.62. The first-order valence-corrected chi connectivity index (χ1v) is 9.08. The number of aliphatic hydroxyl groups is 1. The first-order chi connectivity index (χ1) is 11.9. The molecule has 0 fully saturated rings. The normalized spacial score (nSPS) is 24.5. The third kappa shape index (κ3) is 4.15. The van der Waals surface area contributed by atoms with Crippen molar-refractivity contribution in [3.8, 4) is 5.75 Å². The zero-order valence-corrected chi connectivity index (χ0v) is 15.2. The minimum absolute atomic E-state index is 0.0103. The van der Waals surface area contributed by atoms with Crippen LogP contribution in [0, 0.1) is 5.92 Å². The van der Waals surface area contributed by atoms with E-state index in [4.69, 9.17) is 4.74 Å². The van der Waals surface area contributed by atoms with Crippen molar-refractivity contribution in [2.24, 2.45) is 5.92 Å². The van der Waals surface area contributed by atoms with Crippen LogP contribution >= 0.6 is 0 Å². The number of carbonyl (C=O) groups is 1. The van der Waals surface area contributed by atoms with Crippen molar-refractivity contribution in [1.82, 2.24) is 10.6 Å². The number of rotatable bonds is 5. The molecular weight excluding hydrogens is 316 g/mol. The average molecular weight is 344 g/mol. The molecule has 1 heterocycles. The predicted molar refractivity (Wildman–Crippen MR) is 97.7 cm³/mol. The van der Waals surface area contributed by atoms with Crippen LogP contribution < -0.4 is 15.4 Å². The van der Waals surface area contributed by atoms with Gasteiger partial charge in [-0.1, -0.05) is 25.1 Å². The van der Waals surface area contributed by atoms with Gasteiger partial charge in [-0.3, -0.25) is 0 Å². The number of hydrogen-bond acceptors (Lipinski definition) is 3. The highest BCUT2D eigenvalue weighted by Crippen LogP contribution is 2.36. The van der Waals surface area contributed by atoms with Crippen LogP contribution in [0.3, 0.4) is 0 Å². The Bertz CT molecular complexity index is 669. The summed E-state index contributed by atoms with van der Waals surface area (Å²) in [6.07, 6.45) is 6.37. The number of amides is 2. The van der Waals surface area contributed by atoms with Gasteiger partial charge in [0.15, 0.2) is 0 Å². The first kappa shape index (κ1) is 17.8. The molecule has 0 aromatic heterocycles. The summed E-state index contributed by atoms with van der Waals surface area (Å²) in [5, 5.41) is 15.2. The Kier molecular flexibility index (Phi) is 5.04. The van der Waals surface area contributed by atoms with Crippen molar-refractivity contribution in [2.45, 2.75) is 57.7 Å². The van der Waals surface area contributed by atoms with E-state index in [2.05, 4.69) is 37.5 Å². The summed E-state index contributed by atoms with van der Waals surface area (Å²) in [6, 6.07) is 5.98. The monoisotopic (exact) mass is 344 g/mol. The van der Waals surface area contributed by atoms with Crippen LogP contribution in [0.1, 0.15) is 50.8 Å². The summed E-state index contributed by atoms with van der Waals surface area (Å²) >= 11 is 0. The van der Waals surface area contributed by atoms with Gasteiger partial charge in [0, 0.05) is 25.0 Å². The molecule has 25 heavy (non-hydrogen) atoms. The molecule has 0 unspecified atom stereocenters. The fourth-order valence-corrected chi connectivity index (χ4v) is 3.65.